The Labute approximate surface area is 78.6 Å². The number of rotatable bonds is 5. The van der Waals surface area contributed by atoms with Crippen LogP contribution in [0.3, 0.4) is 0 Å². The molecule has 0 unspecified atom stereocenters. The van der Waals surface area contributed by atoms with E-state index in [1.54, 1.807) is 0 Å². The number of hydrogen-bond acceptors (Lipinski definition) is 2. The van der Waals surface area contributed by atoms with Crippen molar-refractivity contribution in [3.8, 4) is 0 Å². The molecule has 0 rings (SSSR count). The Morgan fingerprint density at radius 1 is 1.58 bits per heavy atom. The maximum atomic E-state index is 11.2. The van der Waals surface area contributed by atoms with Crippen LogP contribution in [0.25, 0.3) is 0 Å². The minimum atomic E-state index is -0.302. The number of nitrogens with one attached hydrogen (secondary N) is 1. The topological polar surface area (TPSA) is 55.1 Å². The lowest BCUT2D eigenvalue weighted by molar-refractivity contribution is -0.122. The molecule has 0 aromatic carbocycles. The van der Waals surface area contributed by atoms with E-state index in [1.807, 2.05) is 13.8 Å². The molecule has 0 saturated heterocycles. The summed E-state index contributed by atoms with van der Waals surface area (Å²) in [7, 11) is 0. The Morgan fingerprint density at radius 2 is 2.17 bits per heavy atom. The highest BCUT2D eigenvalue weighted by Gasteiger charge is 2.17. The van der Waals surface area contributed by atoms with Crippen LogP contribution in [0, 0.1) is 0 Å². The largest absolute Gasteiger partial charge is 0.350 e. The Hall–Kier alpha value is -0.280. The van der Waals surface area contributed by atoms with Crippen molar-refractivity contribution in [3.05, 3.63) is 0 Å². The fourth-order valence-electron chi connectivity index (χ4n) is 0.718. The van der Waals surface area contributed by atoms with Crippen molar-refractivity contribution in [3.63, 3.8) is 0 Å². The van der Waals surface area contributed by atoms with Crippen LogP contribution in [-0.4, -0.2) is 23.9 Å². The molecule has 72 valence electrons. The van der Waals surface area contributed by atoms with Gasteiger partial charge in [-0.1, -0.05) is 0 Å². The molecule has 0 aliphatic rings. The summed E-state index contributed by atoms with van der Waals surface area (Å²) in [6, 6.07) is 0. The minimum absolute atomic E-state index is 0.0195. The molecule has 0 aromatic rings. The zero-order valence-corrected chi connectivity index (χ0v) is 8.45. The third-order valence-electron chi connectivity index (χ3n) is 1.53. The van der Waals surface area contributed by atoms with Crippen LogP contribution in [0.15, 0.2) is 0 Å². The van der Waals surface area contributed by atoms with Crippen molar-refractivity contribution in [2.24, 2.45) is 5.73 Å². The first-order chi connectivity index (χ1) is 5.52. The first kappa shape index (κ1) is 11.7. The van der Waals surface area contributed by atoms with Crippen LogP contribution < -0.4 is 11.1 Å². The molecule has 0 aromatic heterocycles. The number of hydrogen-bond donors (Lipinski definition) is 2. The van der Waals surface area contributed by atoms with Gasteiger partial charge in [0, 0.05) is 24.4 Å². The Morgan fingerprint density at radius 3 is 2.58 bits per heavy atom. The van der Waals surface area contributed by atoms with E-state index in [1.165, 1.54) is 0 Å². The summed E-state index contributed by atoms with van der Waals surface area (Å²) >= 11 is 5.45. The van der Waals surface area contributed by atoms with E-state index < -0.39 is 0 Å². The molecule has 0 spiro atoms. The van der Waals surface area contributed by atoms with E-state index in [2.05, 4.69) is 5.32 Å². The molecule has 0 fully saturated rings. The second kappa shape index (κ2) is 5.38. The zero-order chi connectivity index (χ0) is 9.61. The van der Waals surface area contributed by atoms with E-state index in [0.29, 0.717) is 25.3 Å². The third-order valence-corrected chi connectivity index (χ3v) is 1.79. The zero-order valence-electron chi connectivity index (χ0n) is 7.69. The van der Waals surface area contributed by atoms with Gasteiger partial charge in [-0.3, -0.25) is 4.79 Å². The van der Waals surface area contributed by atoms with Crippen LogP contribution >= 0.6 is 11.6 Å². The highest BCUT2D eigenvalue weighted by Crippen LogP contribution is 2.00. The highest BCUT2D eigenvalue weighted by molar-refractivity contribution is 6.17. The number of amides is 1. The molecular formula is C8H17ClN2O. The maximum absolute atomic E-state index is 11.2. The Balaban J connectivity index is 3.68. The van der Waals surface area contributed by atoms with Crippen LogP contribution in [0.5, 0.6) is 0 Å². The predicted octanol–water partition coefficient (Wildman–Crippen LogP) is 0.859. The van der Waals surface area contributed by atoms with Gasteiger partial charge in [0.2, 0.25) is 5.91 Å². The molecule has 0 bridgehead atoms. The summed E-state index contributed by atoms with van der Waals surface area (Å²) < 4.78 is 0. The highest BCUT2D eigenvalue weighted by atomic mass is 35.5. The molecule has 0 aliphatic carbocycles. The Kier molecular flexibility index (Phi) is 5.25. The van der Waals surface area contributed by atoms with Crippen LogP contribution in [0.1, 0.15) is 26.7 Å². The maximum Gasteiger partial charge on any atom is 0.220 e. The molecule has 0 aliphatic heterocycles. The van der Waals surface area contributed by atoms with E-state index >= 15 is 0 Å². The van der Waals surface area contributed by atoms with Crippen molar-refractivity contribution in [1.29, 1.82) is 0 Å². The lowest BCUT2D eigenvalue weighted by atomic mass is 10.1. The van der Waals surface area contributed by atoms with Gasteiger partial charge in [0.15, 0.2) is 0 Å². The number of halogens is 1. The summed E-state index contributed by atoms with van der Waals surface area (Å²) in [6.07, 6.45) is 1.20. The van der Waals surface area contributed by atoms with Crippen molar-refractivity contribution in [2.75, 3.05) is 12.4 Å². The fourth-order valence-corrected chi connectivity index (χ4v) is 0.852. The first-order valence-corrected chi connectivity index (χ1v) is 4.62. The smallest absolute Gasteiger partial charge is 0.220 e. The summed E-state index contributed by atoms with van der Waals surface area (Å²) in [5, 5.41) is 2.82. The number of carbonyl (C=O) groups is 1. The molecule has 0 heterocycles. The summed E-state index contributed by atoms with van der Waals surface area (Å²) in [5.74, 6) is 0.544. The molecule has 1 amide bonds. The van der Waals surface area contributed by atoms with Crippen molar-refractivity contribution < 1.29 is 4.79 Å². The lowest BCUT2D eigenvalue weighted by Gasteiger charge is -2.24. The minimum Gasteiger partial charge on any atom is -0.350 e. The number of alkyl halides is 1. The molecular weight excluding hydrogens is 176 g/mol. The average Bonchev–Trinajstić information content (AvgIpc) is 2.00. The summed E-state index contributed by atoms with van der Waals surface area (Å²) in [5.41, 5.74) is 5.14. The Bertz CT molecular complexity index is 148. The van der Waals surface area contributed by atoms with Crippen molar-refractivity contribution in [1.82, 2.24) is 5.32 Å². The molecule has 3 nitrogen and oxygen atoms in total. The van der Waals surface area contributed by atoms with E-state index in [0.717, 1.165) is 0 Å². The normalized spacial score (nSPS) is 11.3. The predicted molar refractivity (Wildman–Crippen MR) is 51.2 cm³/mol. The molecule has 0 atom stereocenters. The lowest BCUT2D eigenvalue weighted by Crippen LogP contribution is -2.48. The molecule has 12 heavy (non-hydrogen) atoms. The second-order valence-electron chi connectivity index (χ2n) is 3.43. The van der Waals surface area contributed by atoms with Gasteiger partial charge in [-0.15, -0.1) is 11.6 Å². The quantitative estimate of drug-likeness (QED) is 0.635. The SMILES string of the molecule is CC(C)(CN)NC(=O)CCCCl. The van der Waals surface area contributed by atoms with Crippen LogP contribution in [0.4, 0.5) is 0 Å². The van der Waals surface area contributed by atoms with Gasteiger partial charge in [0.05, 0.1) is 0 Å². The summed E-state index contributed by atoms with van der Waals surface area (Å²) in [4.78, 5) is 11.2. The van der Waals surface area contributed by atoms with Gasteiger partial charge >= 0.3 is 0 Å². The van der Waals surface area contributed by atoms with Gasteiger partial charge in [-0.05, 0) is 20.3 Å². The second-order valence-corrected chi connectivity index (χ2v) is 3.81. The summed E-state index contributed by atoms with van der Waals surface area (Å²) in [6.45, 7) is 4.23. The third kappa shape index (κ3) is 5.38. The standard InChI is InChI=1S/C8H17ClN2O/c1-8(2,6-10)11-7(12)4-3-5-9/h3-6,10H2,1-2H3,(H,11,12). The molecule has 0 saturated carbocycles. The number of carbonyl (C=O) groups excluding carboxylic acids is 1. The van der Waals surface area contributed by atoms with Crippen molar-refractivity contribution >= 4 is 17.5 Å². The van der Waals surface area contributed by atoms with E-state index in [-0.39, 0.29) is 11.4 Å². The van der Waals surface area contributed by atoms with Gasteiger partial charge in [0.1, 0.15) is 0 Å². The first-order valence-electron chi connectivity index (χ1n) is 4.09. The van der Waals surface area contributed by atoms with E-state index in [4.69, 9.17) is 17.3 Å². The van der Waals surface area contributed by atoms with Crippen molar-refractivity contribution in [2.45, 2.75) is 32.2 Å². The van der Waals surface area contributed by atoms with Crippen LogP contribution in [-0.2, 0) is 4.79 Å². The van der Waals surface area contributed by atoms with Gasteiger partial charge in [-0.2, -0.15) is 0 Å². The number of nitrogens with two attached hydrogens (primary N) is 1. The van der Waals surface area contributed by atoms with Gasteiger partial charge < -0.3 is 11.1 Å². The van der Waals surface area contributed by atoms with Gasteiger partial charge in [0.25, 0.3) is 0 Å². The van der Waals surface area contributed by atoms with Crippen LogP contribution in [0.2, 0.25) is 0 Å². The van der Waals surface area contributed by atoms with Gasteiger partial charge in [-0.25, -0.2) is 0 Å². The molecule has 3 N–H and O–H groups in total. The average molecular weight is 193 g/mol. The molecule has 0 radical (unpaired) electrons. The fraction of sp³-hybridized carbons (Fsp3) is 0.875. The molecule has 4 heteroatoms. The van der Waals surface area contributed by atoms with E-state index in [9.17, 15) is 4.79 Å². The monoisotopic (exact) mass is 192 g/mol.